The molecule has 1 aliphatic rings. The molecular formula is C17H20F4N2O3. The minimum absolute atomic E-state index is 0.00200. The van der Waals surface area contributed by atoms with E-state index in [9.17, 15) is 27.2 Å². The fourth-order valence-corrected chi connectivity index (χ4v) is 3.17. The van der Waals surface area contributed by atoms with Gasteiger partial charge in [0.05, 0.1) is 0 Å². The van der Waals surface area contributed by atoms with Crippen LogP contribution in [-0.2, 0) is 4.79 Å². The van der Waals surface area contributed by atoms with Gasteiger partial charge in [0.1, 0.15) is 5.82 Å². The molecule has 2 unspecified atom stereocenters. The van der Waals surface area contributed by atoms with Crippen molar-refractivity contribution < 1.29 is 32.3 Å². The molecule has 1 fully saturated rings. The summed E-state index contributed by atoms with van der Waals surface area (Å²) in [6, 6.07) is 4.77. The van der Waals surface area contributed by atoms with Crippen molar-refractivity contribution >= 4 is 11.8 Å². The summed E-state index contributed by atoms with van der Waals surface area (Å²) in [4.78, 5) is 26.7. The number of rotatable bonds is 3. The van der Waals surface area contributed by atoms with Gasteiger partial charge < -0.3 is 14.9 Å². The Morgan fingerprint density at radius 3 is 2.35 bits per heavy atom. The van der Waals surface area contributed by atoms with E-state index in [0.29, 0.717) is 5.56 Å². The molecule has 0 aromatic heterocycles. The summed E-state index contributed by atoms with van der Waals surface area (Å²) in [6.07, 6.45) is -7.77. The molecule has 1 aromatic carbocycles. The van der Waals surface area contributed by atoms with Crippen LogP contribution in [0.2, 0.25) is 0 Å². The average molecular weight is 376 g/mol. The number of amides is 2. The van der Waals surface area contributed by atoms with E-state index in [-0.39, 0.29) is 37.4 Å². The highest BCUT2D eigenvalue weighted by Gasteiger charge is 2.46. The van der Waals surface area contributed by atoms with Gasteiger partial charge in [0.2, 0.25) is 6.10 Å². The quantitative estimate of drug-likeness (QED) is 0.822. The first-order valence-corrected chi connectivity index (χ1v) is 8.08. The van der Waals surface area contributed by atoms with Gasteiger partial charge in [0.25, 0.3) is 11.8 Å². The Morgan fingerprint density at radius 2 is 1.85 bits per heavy atom. The number of alkyl halides is 3. The van der Waals surface area contributed by atoms with E-state index in [2.05, 4.69) is 0 Å². The summed E-state index contributed by atoms with van der Waals surface area (Å²) in [5, 5.41) is 9.12. The lowest BCUT2D eigenvalue weighted by Crippen LogP contribution is -2.55. The van der Waals surface area contributed by atoms with Gasteiger partial charge in [-0.25, -0.2) is 4.39 Å². The number of hydrogen-bond donors (Lipinski definition) is 1. The molecule has 144 valence electrons. The Bertz CT molecular complexity index is 663. The second-order valence-corrected chi connectivity index (χ2v) is 6.48. The largest absolute Gasteiger partial charge is 0.423 e. The van der Waals surface area contributed by atoms with Gasteiger partial charge in [-0.3, -0.25) is 9.59 Å². The van der Waals surface area contributed by atoms with E-state index in [1.807, 2.05) is 0 Å². The molecule has 0 bridgehead atoms. The van der Waals surface area contributed by atoms with Crippen molar-refractivity contribution in [1.29, 1.82) is 0 Å². The number of aliphatic hydroxyl groups excluding tert-OH is 1. The van der Waals surface area contributed by atoms with Gasteiger partial charge in [0, 0.05) is 31.7 Å². The Morgan fingerprint density at radius 1 is 1.27 bits per heavy atom. The molecule has 26 heavy (non-hydrogen) atoms. The molecule has 0 radical (unpaired) electrons. The lowest BCUT2D eigenvalue weighted by Gasteiger charge is -2.41. The average Bonchev–Trinajstić information content (AvgIpc) is 2.59. The van der Waals surface area contributed by atoms with Crippen molar-refractivity contribution in [3.8, 4) is 0 Å². The number of halogens is 4. The van der Waals surface area contributed by atoms with Crippen LogP contribution in [0.4, 0.5) is 17.6 Å². The highest BCUT2D eigenvalue weighted by molar-refractivity contribution is 5.94. The van der Waals surface area contributed by atoms with E-state index in [1.165, 1.54) is 29.2 Å². The standard InChI is InChI=1S/C17H20F4N2O3/c1-10-9-23(16(26)14(24)17(19,20)21)8-7-13(10)22(2)15(25)11-3-5-12(18)6-4-11/h3-6,10,13-14,24H,7-9H2,1-2H3/t10?,13?,14-/m1/s1. The Hall–Kier alpha value is -2.16. The van der Waals surface area contributed by atoms with Crippen LogP contribution in [0.3, 0.4) is 0 Å². The first-order valence-electron chi connectivity index (χ1n) is 8.08. The molecule has 0 spiro atoms. The van der Waals surface area contributed by atoms with Gasteiger partial charge >= 0.3 is 6.18 Å². The zero-order chi connectivity index (χ0) is 19.6. The second kappa shape index (κ2) is 7.61. The van der Waals surface area contributed by atoms with Gasteiger partial charge in [-0.2, -0.15) is 13.2 Å². The van der Waals surface area contributed by atoms with Gasteiger partial charge in [-0.05, 0) is 36.6 Å². The SMILES string of the molecule is CC1CN(C(=O)[C@@H](O)C(F)(F)F)CCC1N(C)C(=O)c1ccc(F)cc1. The topological polar surface area (TPSA) is 60.9 Å². The van der Waals surface area contributed by atoms with Gasteiger partial charge in [-0.15, -0.1) is 0 Å². The van der Waals surface area contributed by atoms with Crippen LogP contribution < -0.4 is 0 Å². The molecule has 5 nitrogen and oxygen atoms in total. The van der Waals surface area contributed by atoms with Crippen LogP contribution in [-0.4, -0.2) is 65.2 Å². The minimum atomic E-state index is -5.01. The number of carbonyl (C=O) groups is 2. The Labute approximate surface area is 148 Å². The third-order valence-electron chi connectivity index (χ3n) is 4.62. The normalized spacial score (nSPS) is 22.0. The van der Waals surface area contributed by atoms with Crippen molar-refractivity contribution in [2.45, 2.75) is 31.7 Å². The predicted octanol–water partition coefficient (Wildman–Crippen LogP) is 2.06. The second-order valence-electron chi connectivity index (χ2n) is 6.48. The molecule has 1 heterocycles. The third-order valence-corrected chi connectivity index (χ3v) is 4.62. The number of carbonyl (C=O) groups excluding carboxylic acids is 2. The van der Waals surface area contributed by atoms with Crippen molar-refractivity contribution in [1.82, 2.24) is 9.80 Å². The van der Waals surface area contributed by atoms with Crippen LogP contribution in [0.1, 0.15) is 23.7 Å². The Kier molecular flexibility index (Phi) is 5.90. The van der Waals surface area contributed by atoms with Crippen molar-refractivity contribution in [3.05, 3.63) is 35.6 Å². The van der Waals surface area contributed by atoms with Gasteiger partial charge in [0.15, 0.2) is 0 Å². The lowest BCUT2D eigenvalue weighted by atomic mass is 9.91. The molecule has 1 aromatic rings. The molecule has 1 saturated heterocycles. The Balaban J connectivity index is 2.03. The first kappa shape index (κ1) is 20.2. The summed E-state index contributed by atoms with van der Waals surface area (Å²) in [5.41, 5.74) is 0.298. The number of likely N-dealkylation sites (tertiary alicyclic amines) is 1. The zero-order valence-corrected chi connectivity index (χ0v) is 14.3. The summed E-state index contributed by atoms with van der Waals surface area (Å²) in [5.74, 6) is -2.47. The molecule has 2 amide bonds. The highest BCUT2D eigenvalue weighted by Crippen LogP contribution is 2.26. The number of aliphatic hydroxyl groups is 1. The van der Waals surface area contributed by atoms with E-state index in [4.69, 9.17) is 5.11 Å². The zero-order valence-electron chi connectivity index (χ0n) is 14.3. The maximum atomic E-state index is 13.0. The molecule has 2 rings (SSSR count). The summed E-state index contributed by atoms with van der Waals surface area (Å²) >= 11 is 0. The van der Waals surface area contributed by atoms with Crippen molar-refractivity contribution in [2.75, 3.05) is 20.1 Å². The van der Waals surface area contributed by atoms with Crippen molar-refractivity contribution in [2.24, 2.45) is 5.92 Å². The highest BCUT2D eigenvalue weighted by atomic mass is 19.4. The van der Waals surface area contributed by atoms with E-state index >= 15 is 0 Å². The molecule has 1 N–H and O–H groups in total. The molecule has 9 heteroatoms. The number of hydrogen-bond acceptors (Lipinski definition) is 3. The van der Waals surface area contributed by atoms with Crippen LogP contribution in [0.15, 0.2) is 24.3 Å². The molecule has 0 saturated carbocycles. The number of nitrogens with zero attached hydrogens (tertiary/aromatic N) is 2. The monoisotopic (exact) mass is 376 g/mol. The van der Waals surface area contributed by atoms with Crippen LogP contribution in [0.25, 0.3) is 0 Å². The maximum absolute atomic E-state index is 13.0. The van der Waals surface area contributed by atoms with Crippen LogP contribution in [0, 0.1) is 11.7 Å². The number of benzene rings is 1. The molecular weight excluding hydrogens is 356 g/mol. The van der Waals surface area contributed by atoms with Crippen LogP contribution in [0.5, 0.6) is 0 Å². The molecule has 0 aliphatic carbocycles. The summed E-state index contributed by atoms with van der Waals surface area (Å²) in [7, 11) is 1.56. The van der Waals surface area contributed by atoms with Crippen LogP contribution >= 0.6 is 0 Å². The lowest BCUT2D eigenvalue weighted by molar-refractivity contribution is -0.211. The van der Waals surface area contributed by atoms with E-state index in [1.54, 1.807) is 14.0 Å². The van der Waals surface area contributed by atoms with Gasteiger partial charge in [-0.1, -0.05) is 6.92 Å². The first-order chi connectivity index (χ1) is 12.0. The summed E-state index contributed by atoms with van der Waals surface area (Å²) in [6.45, 7) is 1.72. The minimum Gasteiger partial charge on any atom is -0.376 e. The van der Waals surface area contributed by atoms with E-state index < -0.39 is 24.0 Å². The molecule has 1 aliphatic heterocycles. The molecule has 3 atom stereocenters. The number of piperidine rings is 1. The van der Waals surface area contributed by atoms with Crippen molar-refractivity contribution in [3.63, 3.8) is 0 Å². The predicted molar refractivity (Wildman–Crippen MR) is 84.7 cm³/mol. The fraction of sp³-hybridized carbons (Fsp3) is 0.529. The summed E-state index contributed by atoms with van der Waals surface area (Å²) < 4.78 is 50.5. The smallest absolute Gasteiger partial charge is 0.376 e. The maximum Gasteiger partial charge on any atom is 0.423 e. The van der Waals surface area contributed by atoms with E-state index in [0.717, 1.165) is 4.90 Å². The fourth-order valence-electron chi connectivity index (χ4n) is 3.17. The third kappa shape index (κ3) is 4.32.